The zero-order chi connectivity index (χ0) is 17.9. The molecule has 2 aromatic rings. The Morgan fingerprint density at radius 2 is 1.81 bits per heavy atom. The number of pyridine rings is 1. The summed E-state index contributed by atoms with van der Waals surface area (Å²) in [6.07, 6.45) is 4.75. The number of aromatic nitrogens is 1. The molecular weight excluding hydrogens is 322 g/mol. The average Bonchev–Trinajstić information content (AvgIpc) is 3.18. The van der Waals surface area contributed by atoms with Crippen LogP contribution < -0.4 is 4.90 Å². The fourth-order valence-corrected chi connectivity index (χ4v) is 4.25. The highest BCUT2D eigenvalue weighted by molar-refractivity contribution is 5.93. The highest BCUT2D eigenvalue weighted by Gasteiger charge is 2.29. The van der Waals surface area contributed by atoms with Crippen molar-refractivity contribution in [1.82, 2.24) is 9.88 Å². The molecule has 1 atom stereocenters. The van der Waals surface area contributed by atoms with Gasteiger partial charge in [0.25, 0.3) is 5.91 Å². The number of hydrogen-bond acceptors (Lipinski definition) is 3. The number of benzene rings is 1. The van der Waals surface area contributed by atoms with Crippen molar-refractivity contribution in [3.05, 3.63) is 59.3 Å². The molecule has 2 saturated heterocycles. The molecule has 26 heavy (non-hydrogen) atoms. The van der Waals surface area contributed by atoms with Crippen molar-refractivity contribution >= 4 is 11.7 Å². The Balaban J connectivity index is 1.47. The molecule has 1 amide bonds. The Morgan fingerprint density at radius 3 is 2.62 bits per heavy atom. The van der Waals surface area contributed by atoms with Gasteiger partial charge < -0.3 is 9.80 Å². The molecule has 4 heteroatoms. The predicted molar refractivity (Wildman–Crippen MR) is 105 cm³/mol. The standard InChI is InChI=1S/C22H27N3O/c1-17-8-3-4-9-19(17)18-12-15-25(16-18)22(26)20-10-7-11-21(23-20)24-13-5-2-6-14-24/h3-4,7-11,18H,2,5-6,12-16H2,1H3/t18-/m1/s1. The van der Waals surface area contributed by atoms with Gasteiger partial charge in [0.05, 0.1) is 0 Å². The molecule has 0 radical (unpaired) electrons. The summed E-state index contributed by atoms with van der Waals surface area (Å²) in [4.78, 5) is 22.0. The number of aryl methyl sites for hydroxylation is 1. The number of hydrogen-bond donors (Lipinski definition) is 0. The second kappa shape index (κ2) is 7.48. The van der Waals surface area contributed by atoms with E-state index in [9.17, 15) is 4.79 Å². The number of amides is 1. The van der Waals surface area contributed by atoms with Crippen LogP contribution in [0.15, 0.2) is 42.5 Å². The largest absolute Gasteiger partial charge is 0.357 e. The third-order valence-corrected chi connectivity index (χ3v) is 5.74. The minimum absolute atomic E-state index is 0.0694. The van der Waals surface area contributed by atoms with Crippen LogP contribution in [0.5, 0.6) is 0 Å². The highest BCUT2D eigenvalue weighted by atomic mass is 16.2. The maximum Gasteiger partial charge on any atom is 0.272 e. The van der Waals surface area contributed by atoms with Gasteiger partial charge in [-0.05, 0) is 55.9 Å². The van der Waals surface area contributed by atoms with Crippen LogP contribution in [0.25, 0.3) is 0 Å². The van der Waals surface area contributed by atoms with E-state index in [0.717, 1.165) is 38.4 Å². The molecule has 0 spiro atoms. The molecule has 4 rings (SSSR count). The summed E-state index contributed by atoms with van der Waals surface area (Å²) in [5, 5.41) is 0. The van der Waals surface area contributed by atoms with E-state index in [-0.39, 0.29) is 5.91 Å². The minimum atomic E-state index is 0.0694. The van der Waals surface area contributed by atoms with Crippen LogP contribution in [-0.2, 0) is 0 Å². The van der Waals surface area contributed by atoms with Gasteiger partial charge in [-0.25, -0.2) is 4.98 Å². The summed E-state index contributed by atoms with van der Waals surface area (Å²) in [6, 6.07) is 14.4. The average molecular weight is 349 g/mol. The SMILES string of the molecule is Cc1ccccc1[C@@H]1CCN(C(=O)c2cccc(N3CCCCC3)n2)C1. The van der Waals surface area contributed by atoms with Crippen molar-refractivity contribution in [2.45, 2.75) is 38.5 Å². The fraction of sp³-hybridized carbons (Fsp3) is 0.455. The van der Waals surface area contributed by atoms with Gasteiger partial charge in [0.15, 0.2) is 0 Å². The van der Waals surface area contributed by atoms with Gasteiger partial charge >= 0.3 is 0 Å². The van der Waals surface area contributed by atoms with Gasteiger partial charge in [-0.1, -0.05) is 30.3 Å². The number of carbonyl (C=O) groups is 1. The predicted octanol–water partition coefficient (Wildman–Crippen LogP) is 4.01. The number of carbonyl (C=O) groups excluding carboxylic acids is 1. The lowest BCUT2D eigenvalue weighted by atomic mass is 9.94. The lowest BCUT2D eigenvalue weighted by Gasteiger charge is -2.28. The summed E-state index contributed by atoms with van der Waals surface area (Å²) in [5.41, 5.74) is 3.27. The third-order valence-electron chi connectivity index (χ3n) is 5.74. The van der Waals surface area contributed by atoms with Crippen molar-refractivity contribution in [3.8, 4) is 0 Å². The zero-order valence-corrected chi connectivity index (χ0v) is 15.5. The van der Waals surface area contributed by atoms with Crippen LogP contribution in [0.1, 0.15) is 53.2 Å². The topological polar surface area (TPSA) is 36.4 Å². The summed E-state index contributed by atoms with van der Waals surface area (Å²) >= 11 is 0. The first-order valence-electron chi connectivity index (χ1n) is 9.79. The smallest absolute Gasteiger partial charge is 0.272 e. The quantitative estimate of drug-likeness (QED) is 0.840. The number of rotatable bonds is 3. The summed E-state index contributed by atoms with van der Waals surface area (Å²) < 4.78 is 0. The lowest BCUT2D eigenvalue weighted by Crippen LogP contribution is -2.32. The normalized spacial score (nSPS) is 20.4. The molecule has 0 saturated carbocycles. The monoisotopic (exact) mass is 349 g/mol. The Bertz CT molecular complexity index is 782. The summed E-state index contributed by atoms with van der Waals surface area (Å²) in [5.74, 6) is 1.45. The first-order valence-corrected chi connectivity index (χ1v) is 9.79. The molecule has 1 aromatic carbocycles. The van der Waals surface area contributed by atoms with Crippen molar-refractivity contribution in [3.63, 3.8) is 0 Å². The molecule has 2 fully saturated rings. The van der Waals surface area contributed by atoms with E-state index >= 15 is 0 Å². The first-order chi connectivity index (χ1) is 12.7. The van der Waals surface area contributed by atoms with Gasteiger partial charge in [0, 0.05) is 32.1 Å². The number of anilines is 1. The van der Waals surface area contributed by atoms with Crippen LogP contribution >= 0.6 is 0 Å². The molecule has 0 N–H and O–H groups in total. The Morgan fingerprint density at radius 1 is 1.00 bits per heavy atom. The Labute approximate surface area is 155 Å². The van der Waals surface area contributed by atoms with Gasteiger partial charge in [0.1, 0.15) is 11.5 Å². The highest BCUT2D eigenvalue weighted by Crippen LogP contribution is 2.30. The molecular formula is C22H27N3O. The second-order valence-corrected chi connectivity index (χ2v) is 7.52. The van der Waals surface area contributed by atoms with Crippen molar-refractivity contribution in [2.24, 2.45) is 0 Å². The molecule has 2 aliphatic rings. The minimum Gasteiger partial charge on any atom is -0.357 e. The van der Waals surface area contributed by atoms with E-state index in [4.69, 9.17) is 4.98 Å². The molecule has 1 aromatic heterocycles. The zero-order valence-electron chi connectivity index (χ0n) is 15.5. The van der Waals surface area contributed by atoms with Gasteiger partial charge in [-0.3, -0.25) is 4.79 Å². The van der Waals surface area contributed by atoms with Gasteiger partial charge in [-0.15, -0.1) is 0 Å². The fourth-order valence-electron chi connectivity index (χ4n) is 4.25. The molecule has 136 valence electrons. The Kier molecular flexibility index (Phi) is 4.91. The van der Waals surface area contributed by atoms with Crippen molar-refractivity contribution in [1.29, 1.82) is 0 Å². The van der Waals surface area contributed by atoms with Crippen LogP contribution in [0.4, 0.5) is 5.82 Å². The molecule has 3 heterocycles. The van der Waals surface area contributed by atoms with E-state index in [0.29, 0.717) is 11.6 Å². The maximum absolute atomic E-state index is 13.0. The molecule has 0 unspecified atom stereocenters. The summed E-state index contributed by atoms with van der Waals surface area (Å²) in [7, 11) is 0. The Hall–Kier alpha value is -2.36. The van der Waals surface area contributed by atoms with Crippen LogP contribution in [-0.4, -0.2) is 42.0 Å². The third kappa shape index (κ3) is 3.46. The lowest BCUT2D eigenvalue weighted by molar-refractivity contribution is 0.0785. The maximum atomic E-state index is 13.0. The van der Waals surface area contributed by atoms with Crippen LogP contribution in [0.3, 0.4) is 0 Å². The number of likely N-dealkylation sites (tertiary alicyclic amines) is 1. The number of nitrogens with zero attached hydrogens (tertiary/aromatic N) is 3. The molecule has 0 bridgehead atoms. The van der Waals surface area contributed by atoms with Crippen molar-refractivity contribution in [2.75, 3.05) is 31.1 Å². The van der Waals surface area contributed by atoms with E-state index < -0.39 is 0 Å². The molecule has 2 aliphatic heterocycles. The van der Waals surface area contributed by atoms with E-state index in [1.165, 1.54) is 30.4 Å². The van der Waals surface area contributed by atoms with Gasteiger partial charge in [0.2, 0.25) is 0 Å². The second-order valence-electron chi connectivity index (χ2n) is 7.52. The van der Waals surface area contributed by atoms with Crippen LogP contribution in [0, 0.1) is 6.92 Å². The molecule has 4 nitrogen and oxygen atoms in total. The number of piperidine rings is 1. The van der Waals surface area contributed by atoms with E-state index in [1.807, 2.05) is 23.1 Å². The van der Waals surface area contributed by atoms with Crippen molar-refractivity contribution < 1.29 is 4.79 Å². The van der Waals surface area contributed by atoms with E-state index in [2.05, 4.69) is 36.1 Å². The first kappa shape index (κ1) is 17.1. The van der Waals surface area contributed by atoms with Gasteiger partial charge in [-0.2, -0.15) is 0 Å². The van der Waals surface area contributed by atoms with Crippen LogP contribution in [0.2, 0.25) is 0 Å². The summed E-state index contributed by atoms with van der Waals surface area (Å²) in [6.45, 7) is 5.85. The molecule has 0 aliphatic carbocycles. The van der Waals surface area contributed by atoms with E-state index in [1.54, 1.807) is 0 Å².